The van der Waals surface area contributed by atoms with Crippen molar-refractivity contribution in [2.75, 3.05) is 0 Å². The first-order valence-corrected chi connectivity index (χ1v) is 9.38. The van der Waals surface area contributed by atoms with E-state index in [1.165, 1.54) is 0 Å². The minimum atomic E-state index is -3.65. The second kappa shape index (κ2) is 5.51. The van der Waals surface area contributed by atoms with E-state index in [1.54, 1.807) is 24.4 Å². The molecule has 1 fully saturated rings. The molecule has 3 aromatic rings. The van der Waals surface area contributed by atoms with Gasteiger partial charge in [0.1, 0.15) is 0 Å². The molecule has 2 atom stereocenters. The van der Waals surface area contributed by atoms with Crippen LogP contribution in [0.5, 0.6) is 0 Å². The van der Waals surface area contributed by atoms with E-state index in [0.717, 1.165) is 28.6 Å². The average Bonchev–Trinajstić information content (AvgIpc) is 3.34. The molecule has 0 bridgehead atoms. The first-order valence-electron chi connectivity index (χ1n) is 7.46. The van der Waals surface area contributed by atoms with Crippen LogP contribution in [0.1, 0.15) is 29.4 Å². The number of sulfonamides is 1. The van der Waals surface area contributed by atoms with Gasteiger partial charge in [-0.2, -0.15) is 0 Å². The molecular weight excluding hydrogens is 346 g/mol. The maximum absolute atomic E-state index is 11.3. The second-order valence-electron chi connectivity index (χ2n) is 6.02. The summed E-state index contributed by atoms with van der Waals surface area (Å²) in [5.41, 5.74) is 3.85. The Morgan fingerprint density at radius 2 is 1.58 bits per heavy atom. The van der Waals surface area contributed by atoms with Crippen LogP contribution in [0.25, 0.3) is 11.0 Å². The van der Waals surface area contributed by atoms with E-state index in [1.807, 2.05) is 24.4 Å². The molecule has 0 radical (unpaired) electrons. The van der Waals surface area contributed by atoms with Crippen molar-refractivity contribution in [1.29, 1.82) is 0 Å². The molecule has 2 heterocycles. The highest BCUT2D eigenvalue weighted by atomic mass is 35.5. The molecule has 2 N–H and O–H groups in total. The predicted molar refractivity (Wildman–Crippen MR) is 92.5 cm³/mol. The minimum absolute atomic E-state index is 0.136. The summed E-state index contributed by atoms with van der Waals surface area (Å²) in [4.78, 5) is 8.88. The number of pyridine rings is 2. The van der Waals surface area contributed by atoms with Gasteiger partial charge in [-0.05, 0) is 53.6 Å². The van der Waals surface area contributed by atoms with Crippen LogP contribution < -0.4 is 5.14 Å². The van der Waals surface area contributed by atoms with Crippen LogP contribution >= 0.6 is 11.6 Å². The lowest BCUT2D eigenvalue weighted by Gasteiger charge is -2.04. The Balaban J connectivity index is 1.59. The molecule has 1 saturated carbocycles. The minimum Gasteiger partial charge on any atom is -0.254 e. The lowest BCUT2D eigenvalue weighted by atomic mass is 10.1. The van der Waals surface area contributed by atoms with E-state index in [0.29, 0.717) is 16.9 Å². The first-order chi connectivity index (χ1) is 11.4. The summed E-state index contributed by atoms with van der Waals surface area (Å²) in [5, 5.41) is 5.70. The van der Waals surface area contributed by atoms with E-state index in [2.05, 4.69) is 9.97 Å². The number of rotatable bonds is 3. The fraction of sp³-hybridized carbons (Fsp3) is 0.176. The lowest BCUT2D eigenvalue weighted by molar-refractivity contribution is 0.598. The summed E-state index contributed by atoms with van der Waals surface area (Å²) in [6.45, 7) is 0. The Bertz CT molecular complexity index is 1040. The van der Waals surface area contributed by atoms with Gasteiger partial charge in [0, 0.05) is 12.4 Å². The molecule has 2 aromatic heterocycles. The normalized spacial score (nSPS) is 20.2. The third kappa shape index (κ3) is 2.88. The van der Waals surface area contributed by atoms with E-state index in [4.69, 9.17) is 16.7 Å². The Morgan fingerprint density at radius 3 is 2.29 bits per heavy atom. The van der Waals surface area contributed by atoms with E-state index in [9.17, 15) is 8.42 Å². The molecule has 2 unspecified atom stereocenters. The molecule has 5 nitrogen and oxygen atoms in total. The van der Waals surface area contributed by atoms with Gasteiger partial charge in [0.25, 0.3) is 0 Å². The molecule has 1 aliphatic carbocycles. The zero-order chi connectivity index (χ0) is 16.9. The summed E-state index contributed by atoms with van der Waals surface area (Å²) in [5.74, 6) is 0.741. The molecular formula is C17H14ClN3O2S. The van der Waals surface area contributed by atoms with Gasteiger partial charge in [0.05, 0.1) is 21.0 Å². The molecule has 1 aliphatic rings. The topological polar surface area (TPSA) is 85.9 Å². The van der Waals surface area contributed by atoms with Gasteiger partial charge in [0.2, 0.25) is 10.0 Å². The monoisotopic (exact) mass is 359 g/mol. The molecule has 7 heteroatoms. The van der Waals surface area contributed by atoms with Gasteiger partial charge < -0.3 is 0 Å². The zero-order valence-corrected chi connectivity index (χ0v) is 14.1. The van der Waals surface area contributed by atoms with Crippen LogP contribution in [-0.4, -0.2) is 18.4 Å². The number of hydrogen-bond acceptors (Lipinski definition) is 4. The van der Waals surface area contributed by atoms with Crippen LogP contribution in [0.2, 0.25) is 5.02 Å². The summed E-state index contributed by atoms with van der Waals surface area (Å²) in [6.07, 6.45) is 4.49. The highest BCUT2D eigenvalue weighted by Crippen LogP contribution is 2.54. The summed E-state index contributed by atoms with van der Waals surface area (Å²) >= 11 is 5.93. The van der Waals surface area contributed by atoms with Crippen molar-refractivity contribution < 1.29 is 8.42 Å². The van der Waals surface area contributed by atoms with Crippen molar-refractivity contribution in [3.63, 3.8) is 0 Å². The van der Waals surface area contributed by atoms with Crippen LogP contribution in [-0.2, 0) is 10.0 Å². The van der Waals surface area contributed by atoms with Crippen molar-refractivity contribution >= 4 is 32.7 Å². The maximum Gasteiger partial charge on any atom is 0.238 e. The molecule has 4 rings (SSSR count). The molecule has 1 aromatic carbocycles. The van der Waals surface area contributed by atoms with Gasteiger partial charge in [-0.1, -0.05) is 23.7 Å². The lowest BCUT2D eigenvalue weighted by Crippen LogP contribution is -2.11. The Labute approximate surface area is 144 Å². The van der Waals surface area contributed by atoms with Gasteiger partial charge in [0.15, 0.2) is 0 Å². The van der Waals surface area contributed by atoms with Gasteiger partial charge in [-0.3, -0.25) is 9.97 Å². The third-order valence-corrected chi connectivity index (χ3v) is 5.51. The van der Waals surface area contributed by atoms with Crippen LogP contribution in [0.4, 0.5) is 0 Å². The van der Waals surface area contributed by atoms with Gasteiger partial charge in [-0.15, -0.1) is 0 Å². The molecule has 0 saturated heterocycles. The Morgan fingerprint density at radius 1 is 0.958 bits per heavy atom. The fourth-order valence-electron chi connectivity index (χ4n) is 3.03. The molecule has 0 amide bonds. The summed E-state index contributed by atoms with van der Waals surface area (Å²) in [6, 6.07) is 10.6. The van der Waals surface area contributed by atoms with Crippen molar-refractivity contribution in [3.8, 4) is 0 Å². The number of fused-ring (bicyclic) bond motifs is 1. The van der Waals surface area contributed by atoms with Gasteiger partial charge in [-0.25, -0.2) is 13.6 Å². The van der Waals surface area contributed by atoms with E-state index in [-0.39, 0.29) is 4.90 Å². The Kier molecular flexibility index (Phi) is 3.56. The molecule has 0 aliphatic heterocycles. The smallest absolute Gasteiger partial charge is 0.238 e. The quantitative estimate of drug-likeness (QED) is 0.778. The van der Waals surface area contributed by atoms with Crippen LogP contribution in [0.15, 0.2) is 53.7 Å². The number of nitrogens with two attached hydrogens (primary N) is 1. The van der Waals surface area contributed by atoms with Crippen molar-refractivity contribution in [1.82, 2.24) is 9.97 Å². The summed E-state index contributed by atoms with van der Waals surface area (Å²) in [7, 11) is -3.65. The van der Waals surface area contributed by atoms with E-state index < -0.39 is 10.0 Å². The van der Waals surface area contributed by atoms with Crippen molar-refractivity contribution in [2.45, 2.75) is 23.2 Å². The highest BCUT2D eigenvalue weighted by molar-refractivity contribution is 7.89. The number of aromatic nitrogens is 2. The number of hydrogen-bond donors (Lipinski definition) is 1. The van der Waals surface area contributed by atoms with Crippen LogP contribution in [0, 0.1) is 0 Å². The van der Waals surface area contributed by atoms with Crippen molar-refractivity contribution in [3.05, 3.63) is 64.9 Å². The van der Waals surface area contributed by atoms with E-state index >= 15 is 0 Å². The Hall–Kier alpha value is -2.02. The van der Waals surface area contributed by atoms with Gasteiger partial charge >= 0.3 is 0 Å². The fourth-order valence-corrected chi connectivity index (χ4v) is 3.70. The SMILES string of the molecule is NS(=O)(=O)c1ccc(C2CC2c2cnc3cc(Cl)cnc3c2)cc1. The zero-order valence-electron chi connectivity index (χ0n) is 12.6. The largest absolute Gasteiger partial charge is 0.254 e. The first kappa shape index (κ1) is 15.5. The second-order valence-corrected chi connectivity index (χ2v) is 8.02. The number of benzene rings is 1. The molecule has 122 valence electrons. The molecule has 24 heavy (non-hydrogen) atoms. The average molecular weight is 360 g/mol. The van der Waals surface area contributed by atoms with Crippen LogP contribution in [0.3, 0.4) is 0 Å². The number of primary sulfonamides is 1. The number of halogens is 1. The maximum atomic E-state index is 11.3. The third-order valence-electron chi connectivity index (χ3n) is 4.38. The van der Waals surface area contributed by atoms with Crippen molar-refractivity contribution in [2.24, 2.45) is 5.14 Å². The standard InChI is InChI=1S/C17H14ClN3O2S/c18-12-6-17-16(21-9-12)5-11(8-20-17)15-7-14(15)10-1-3-13(4-2-10)24(19,22)23/h1-6,8-9,14-15H,7H2,(H2,19,22,23). The number of nitrogens with zero attached hydrogens (tertiary/aromatic N) is 2. The molecule has 0 spiro atoms. The predicted octanol–water partition coefficient (Wildman–Crippen LogP) is 3.20. The highest BCUT2D eigenvalue weighted by Gasteiger charge is 2.39. The summed E-state index contributed by atoms with van der Waals surface area (Å²) < 4.78 is 22.6.